The second-order valence-corrected chi connectivity index (χ2v) is 4.72. The first-order valence-corrected chi connectivity index (χ1v) is 5.36. The van der Waals surface area contributed by atoms with Gasteiger partial charge in [0.15, 0.2) is 0 Å². The zero-order chi connectivity index (χ0) is 13.9. The Morgan fingerprint density at radius 2 is 2.00 bits per heavy atom. The molecule has 18 heavy (non-hydrogen) atoms. The van der Waals surface area contributed by atoms with Gasteiger partial charge in [-0.05, 0) is 27.7 Å². The number of aromatic amines is 1. The molecule has 0 unspecified atom stereocenters. The maximum absolute atomic E-state index is 11.8. The van der Waals surface area contributed by atoms with Crippen molar-refractivity contribution in [2.75, 3.05) is 7.05 Å². The van der Waals surface area contributed by atoms with E-state index in [0.717, 1.165) is 5.01 Å². The number of hydrogen-bond acceptors (Lipinski definition) is 5. The van der Waals surface area contributed by atoms with Crippen LogP contribution >= 0.6 is 0 Å². The molecular formula is C10H17N5O3. The molecule has 0 aliphatic heterocycles. The second kappa shape index (κ2) is 5.03. The molecule has 0 atom stereocenters. The minimum atomic E-state index is -0.717. The van der Waals surface area contributed by atoms with E-state index in [0.29, 0.717) is 5.82 Å². The third kappa shape index (κ3) is 4.04. The average Bonchev–Trinajstić information content (AvgIpc) is 2.60. The quantitative estimate of drug-likeness (QED) is 0.717. The van der Waals surface area contributed by atoms with E-state index in [1.54, 1.807) is 27.7 Å². The number of carbonyl (C=O) groups excluding carboxylic acids is 2. The largest absolute Gasteiger partial charge is 0.443 e. The topological polar surface area (TPSA) is 100 Å². The summed E-state index contributed by atoms with van der Waals surface area (Å²) in [5.41, 5.74) is 1.64. The van der Waals surface area contributed by atoms with Crippen molar-refractivity contribution in [3.8, 4) is 0 Å². The molecule has 0 fully saturated rings. The Bertz CT molecular complexity index is 449. The Kier molecular flexibility index (Phi) is 3.89. The standard InChI is InChI=1S/C10H17N5O3/c1-6-11-7(13-12-6)8(16)15(5)14-9(17)18-10(2,3)4/h1-5H3,(H,14,17)(H,11,12,13). The second-order valence-electron chi connectivity index (χ2n) is 4.72. The van der Waals surface area contributed by atoms with Crippen LogP contribution in [0.15, 0.2) is 0 Å². The van der Waals surface area contributed by atoms with Crippen LogP contribution in [0, 0.1) is 6.92 Å². The number of nitrogens with zero attached hydrogens (tertiary/aromatic N) is 3. The number of aromatic nitrogens is 3. The molecule has 2 amide bonds. The van der Waals surface area contributed by atoms with E-state index in [1.807, 2.05) is 0 Å². The SMILES string of the molecule is Cc1nc(C(=O)N(C)NC(=O)OC(C)(C)C)n[nH]1. The lowest BCUT2D eigenvalue weighted by Gasteiger charge is -2.22. The maximum atomic E-state index is 11.8. The van der Waals surface area contributed by atoms with E-state index in [-0.39, 0.29) is 5.82 Å². The molecule has 2 N–H and O–H groups in total. The van der Waals surface area contributed by atoms with Gasteiger partial charge in [0, 0.05) is 7.05 Å². The third-order valence-corrected chi connectivity index (χ3v) is 1.75. The van der Waals surface area contributed by atoms with E-state index in [1.165, 1.54) is 7.05 Å². The highest BCUT2D eigenvalue weighted by molar-refractivity contribution is 5.91. The predicted molar refractivity (Wildman–Crippen MR) is 62.6 cm³/mol. The lowest BCUT2D eigenvalue weighted by atomic mass is 10.2. The van der Waals surface area contributed by atoms with Gasteiger partial charge in [0.2, 0.25) is 5.82 Å². The van der Waals surface area contributed by atoms with Crippen LogP contribution in [-0.2, 0) is 4.74 Å². The van der Waals surface area contributed by atoms with Crippen molar-refractivity contribution in [2.45, 2.75) is 33.3 Å². The number of hydrazine groups is 1. The molecular weight excluding hydrogens is 238 g/mol. The number of amides is 2. The summed E-state index contributed by atoms with van der Waals surface area (Å²) in [4.78, 5) is 27.1. The lowest BCUT2D eigenvalue weighted by Crippen LogP contribution is -2.45. The fourth-order valence-electron chi connectivity index (χ4n) is 1.08. The van der Waals surface area contributed by atoms with Gasteiger partial charge < -0.3 is 4.74 Å². The van der Waals surface area contributed by atoms with Gasteiger partial charge in [-0.25, -0.2) is 20.2 Å². The molecule has 8 nitrogen and oxygen atoms in total. The van der Waals surface area contributed by atoms with Crippen molar-refractivity contribution in [3.63, 3.8) is 0 Å². The Morgan fingerprint density at radius 1 is 1.39 bits per heavy atom. The Morgan fingerprint density at radius 3 is 2.44 bits per heavy atom. The fraction of sp³-hybridized carbons (Fsp3) is 0.600. The van der Waals surface area contributed by atoms with Gasteiger partial charge >= 0.3 is 12.0 Å². The number of hydrogen-bond donors (Lipinski definition) is 2. The summed E-state index contributed by atoms with van der Waals surface area (Å²) in [6.45, 7) is 6.86. The van der Waals surface area contributed by atoms with Gasteiger partial charge in [0.05, 0.1) is 0 Å². The molecule has 0 saturated heterocycles. The third-order valence-electron chi connectivity index (χ3n) is 1.75. The summed E-state index contributed by atoms with van der Waals surface area (Å²) >= 11 is 0. The van der Waals surface area contributed by atoms with Crippen molar-refractivity contribution in [1.29, 1.82) is 0 Å². The van der Waals surface area contributed by atoms with Crippen molar-refractivity contribution in [3.05, 3.63) is 11.6 Å². The lowest BCUT2D eigenvalue weighted by molar-refractivity contribution is 0.0331. The first-order chi connectivity index (χ1) is 8.19. The molecule has 0 aliphatic carbocycles. The molecule has 1 aromatic heterocycles. The molecule has 0 radical (unpaired) electrons. The van der Waals surface area contributed by atoms with Crippen LogP contribution in [0.5, 0.6) is 0 Å². The molecule has 0 aliphatic rings. The minimum absolute atomic E-state index is 0.0222. The van der Waals surface area contributed by atoms with E-state index in [2.05, 4.69) is 20.6 Å². The number of ether oxygens (including phenoxy) is 1. The first-order valence-electron chi connectivity index (χ1n) is 5.36. The highest BCUT2D eigenvalue weighted by Gasteiger charge is 2.21. The van der Waals surface area contributed by atoms with Crippen LogP contribution < -0.4 is 5.43 Å². The Labute approximate surface area is 105 Å². The summed E-state index contributed by atoms with van der Waals surface area (Å²) < 4.78 is 5.01. The smallest absolute Gasteiger partial charge is 0.426 e. The summed E-state index contributed by atoms with van der Waals surface area (Å²) in [5.74, 6) is -0.0414. The molecule has 0 spiro atoms. The Hall–Kier alpha value is -2.12. The molecule has 8 heteroatoms. The van der Waals surface area contributed by atoms with Gasteiger partial charge in [0.25, 0.3) is 0 Å². The summed E-state index contributed by atoms with van der Waals surface area (Å²) in [6.07, 6.45) is -0.717. The highest BCUT2D eigenvalue weighted by atomic mass is 16.6. The zero-order valence-corrected chi connectivity index (χ0v) is 11.1. The van der Waals surface area contributed by atoms with Crippen LogP contribution in [0.2, 0.25) is 0 Å². The molecule has 1 aromatic rings. The number of carbonyl (C=O) groups is 2. The first kappa shape index (κ1) is 13.9. The number of aryl methyl sites for hydroxylation is 1. The zero-order valence-electron chi connectivity index (χ0n) is 11.1. The van der Waals surface area contributed by atoms with E-state index >= 15 is 0 Å². The van der Waals surface area contributed by atoms with Gasteiger partial charge in [-0.15, -0.1) is 5.10 Å². The maximum Gasteiger partial charge on any atom is 0.426 e. The van der Waals surface area contributed by atoms with Gasteiger partial charge in [-0.2, -0.15) is 0 Å². The molecule has 1 heterocycles. The molecule has 0 aromatic carbocycles. The van der Waals surface area contributed by atoms with Crippen LogP contribution in [0.3, 0.4) is 0 Å². The normalized spacial score (nSPS) is 10.9. The van der Waals surface area contributed by atoms with E-state index < -0.39 is 17.6 Å². The van der Waals surface area contributed by atoms with Crippen LogP contribution in [0.4, 0.5) is 4.79 Å². The van der Waals surface area contributed by atoms with Crippen molar-refractivity contribution in [1.82, 2.24) is 25.6 Å². The van der Waals surface area contributed by atoms with Crippen molar-refractivity contribution in [2.24, 2.45) is 0 Å². The predicted octanol–water partition coefficient (Wildman–Crippen LogP) is 0.625. The van der Waals surface area contributed by atoms with Crippen LogP contribution in [0.1, 0.15) is 37.2 Å². The fourth-order valence-corrected chi connectivity index (χ4v) is 1.08. The number of nitrogens with one attached hydrogen (secondary N) is 2. The Balaban J connectivity index is 2.58. The minimum Gasteiger partial charge on any atom is -0.443 e. The average molecular weight is 255 g/mol. The van der Waals surface area contributed by atoms with Gasteiger partial charge in [0.1, 0.15) is 11.4 Å². The van der Waals surface area contributed by atoms with Crippen LogP contribution in [-0.4, -0.2) is 44.8 Å². The molecule has 0 saturated carbocycles. The summed E-state index contributed by atoms with van der Waals surface area (Å²) in [5, 5.41) is 7.21. The van der Waals surface area contributed by atoms with Crippen molar-refractivity contribution >= 4 is 12.0 Å². The van der Waals surface area contributed by atoms with Gasteiger partial charge in [-0.3, -0.25) is 9.89 Å². The van der Waals surface area contributed by atoms with Crippen LogP contribution in [0.25, 0.3) is 0 Å². The van der Waals surface area contributed by atoms with Crippen molar-refractivity contribution < 1.29 is 14.3 Å². The number of rotatable bonds is 1. The highest BCUT2D eigenvalue weighted by Crippen LogP contribution is 2.06. The summed E-state index contributed by atoms with van der Waals surface area (Å²) in [6, 6.07) is 0. The van der Waals surface area contributed by atoms with E-state index in [9.17, 15) is 9.59 Å². The molecule has 1 rings (SSSR count). The summed E-state index contributed by atoms with van der Waals surface area (Å²) in [7, 11) is 1.39. The van der Waals surface area contributed by atoms with E-state index in [4.69, 9.17) is 4.74 Å². The molecule has 100 valence electrons. The number of H-pyrrole nitrogens is 1. The van der Waals surface area contributed by atoms with Gasteiger partial charge in [-0.1, -0.05) is 0 Å². The monoisotopic (exact) mass is 255 g/mol. The molecule has 0 bridgehead atoms.